The van der Waals surface area contributed by atoms with Crippen LogP contribution in [0.15, 0.2) is 29.3 Å². The third-order valence-corrected chi connectivity index (χ3v) is 9.43. The SMILES string of the molecule is CC(C)(C)Cc1c([SH+]C(C)(C)C)[nH]c2c(N3CCC(CCNC(=O)CCCCCN4C(=O)C=CC4=O)CC3)c(O)ccc12. The van der Waals surface area contributed by atoms with Gasteiger partial charge in [-0.3, -0.25) is 19.3 Å². The van der Waals surface area contributed by atoms with E-state index >= 15 is 0 Å². The number of thiol groups is 1. The van der Waals surface area contributed by atoms with Gasteiger partial charge in [0.1, 0.15) is 16.2 Å². The Hall–Kier alpha value is -2.94. The molecule has 1 fully saturated rings. The molecule has 2 aliphatic heterocycles. The Morgan fingerprint density at radius 1 is 1.02 bits per heavy atom. The molecule has 9 heteroatoms. The maximum Gasteiger partial charge on any atom is 0.253 e. The fraction of sp³-hybridized carbons (Fsp3) is 0.618. The summed E-state index contributed by atoms with van der Waals surface area (Å²) in [5.41, 5.74) is 3.48. The van der Waals surface area contributed by atoms with Crippen LogP contribution in [-0.4, -0.2) is 63.6 Å². The number of aromatic amines is 1. The van der Waals surface area contributed by atoms with Crippen molar-refractivity contribution in [2.24, 2.45) is 11.3 Å². The van der Waals surface area contributed by atoms with Gasteiger partial charge < -0.3 is 20.3 Å². The van der Waals surface area contributed by atoms with E-state index in [-0.39, 0.29) is 27.9 Å². The van der Waals surface area contributed by atoms with Gasteiger partial charge >= 0.3 is 0 Å². The number of nitrogens with one attached hydrogen (secondary N) is 2. The molecule has 4 rings (SSSR count). The number of H-pyrrole nitrogens is 1. The first kappa shape index (κ1) is 33.0. The number of hydrogen-bond donors (Lipinski definition) is 3. The van der Waals surface area contributed by atoms with Gasteiger partial charge in [0.05, 0.1) is 5.52 Å². The fourth-order valence-corrected chi connectivity index (χ4v) is 7.25. The zero-order valence-electron chi connectivity index (χ0n) is 26.9. The number of hydrogen-bond acceptors (Lipinski definition) is 5. The lowest BCUT2D eigenvalue weighted by molar-refractivity contribution is -0.137. The average Bonchev–Trinajstić information content (AvgIpc) is 3.40. The molecule has 8 nitrogen and oxygen atoms in total. The van der Waals surface area contributed by atoms with Crippen LogP contribution in [-0.2, 0) is 32.6 Å². The van der Waals surface area contributed by atoms with Gasteiger partial charge in [-0.05, 0) is 82.8 Å². The predicted molar refractivity (Wildman–Crippen MR) is 177 cm³/mol. The maximum atomic E-state index is 12.3. The van der Waals surface area contributed by atoms with E-state index in [1.807, 2.05) is 6.07 Å². The van der Waals surface area contributed by atoms with Crippen LogP contribution in [0.4, 0.5) is 5.69 Å². The molecule has 2 aromatic rings. The van der Waals surface area contributed by atoms with Crippen molar-refractivity contribution in [2.45, 2.75) is 103 Å². The molecule has 2 aliphatic rings. The van der Waals surface area contributed by atoms with Gasteiger partial charge in [-0.1, -0.05) is 27.2 Å². The molecule has 3 heterocycles. The number of fused-ring (bicyclic) bond motifs is 1. The molecule has 0 saturated carbocycles. The summed E-state index contributed by atoms with van der Waals surface area (Å²) < 4.78 is 0.123. The van der Waals surface area contributed by atoms with Gasteiger partial charge in [0.15, 0.2) is 0 Å². The normalized spacial score (nSPS) is 16.6. The van der Waals surface area contributed by atoms with Crippen LogP contribution in [0.3, 0.4) is 0 Å². The van der Waals surface area contributed by atoms with Gasteiger partial charge in [0.25, 0.3) is 11.8 Å². The minimum absolute atomic E-state index is 0.0622. The van der Waals surface area contributed by atoms with Crippen molar-refractivity contribution in [2.75, 3.05) is 31.1 Å². The van der Waals surface area contributed by atoms with E-state index in [0.29, 0.717) is 37.6 Å². The number of phenols is 1. The van der Waals surface area contributed by atoms with Crippen molar-refractivity contribution < 1.29 is 19.5 Å². The molecular weight excluding hydrogens is 560 g/mol. The standard InChI is InChI=1S/C34H50N4O4S/c1-33(2,3)22-25-24-11-12-26(39)31(30(24)36-32(25)43-34(4,5)6)37-20-16-23(17-21-37)15-18-35-27(40)10-8-7-9-19-38-28(41)13-14-29(38)42/h11-14,23,36,39H,7-10,15-22H2,1-6H3,(H,35,40)/p+1. The van der Waals surface area contributed by atoms with Gasteiger partial charge in [-0.25, -0.2) is 0 Å². The third-order valence-electron chi connectivity index (χ3n) is 8.16. The maximum absolute atomic E-state index is 12.3. The van der Waals surface area contributed by atoms with Crippen molar-refractivity contribution in [1.29, 1.82) is 0 Å². The smallest absolute Gasteiger partial charge is 0.253 e. The first-order chi connectivity index (χ1) is 20.2. The third kappa shape index (κ3) is 9.03. The molecule has 3 N–H and O–H groups in total. The number of aromatic nitrogens is 1. The summed E-state index contributed by atoms with van der Waals surface area (Å²) >= 11 is 1.26. The number of carbonyl (C=O) groups is 3. The van der Waals surface area contributed by atoms with Crippen molar-refractivity contribution in [3.05, 3.63) is 29.8 Å². The molecule has 0 atom stereocenters. The predicted octanol–water partition coefficient (Wildman–Crippen LogP) is 5.64. The molecule has 1 aromatic heterocycles. The Balaban J connectivity index is 1.26. The number of nitrogens with zero attached hydrogens (tertiary/aromatic N) is 2. The number of piperidine rings is 1. The molecule has 0 unspecified atom stereocenters. The van der Waals surface area contributed by atoms with Crippen LogP contribution < -0.4 is 10.2 Å². The van der Waals surface area contributed by atoms with Crippen LogP contribution in [0.1, 0.15) is 92.1 Å². The van der Waals surface area contributed by atoms with E-state index < -0.39 is 0 Å². The van der Waals surface area contributed by atoms with Crippen molar-refractivity contribution in [1.82, 2.24) is 15.2 Å². The van der Waals surface area contributed by atoms with Crippen molar-refractivity contribution in [3.8, 4) is 5.75 Å². The van der Waals surface area contributed by atoms with Crippen LogP contribution in [0.2, 0.25) is 0 Å². The number of phenolic OH excluding ortho intramolecular Hbond substituents is 1. The largest absolute Gasteiger partial charge is 0.506 e. The van der Waals surface area contributed by atoms with E-state index in [1.165, 1.54) is 44.8 Å². The van der Waals surface area contributed by atoms with E-state index in [0.717, 1.165) is 62.8 Å². The number of anilines is 1. The minimum Gasteiger partial charge on any atom is -0.506 e. The highest BCUT2D eigenvalue weighted by Crippen LogP contribution is 2.42. The molecular formula is C34H51N4O4S+. The number of carbonyl (C=O) groups excluding carboxylic acids is 3. The lowest BCUT2D eigenvalue weighted by atomic mass is 9.88. The topological polar surface area (TPSA) is 106 Å². The minimum atomic E-state index is -0.248. The van der Waals surface area contributed by atoms with Gasteiger partial charge in [0, 0.05) is 67.5 Å². The zero-order valence-corrected chi connectivity index (χ0v) is 27.8. The molecule has 43 heavy (non-hydrogen) atoms. The van der Waals surface area contributed by atoms with E-state index in [9.17, 15) is 19.5 Å². The number of unbranched alkanes of at least 4 members (excludes halogenated alkanes) is 2. The second-order valence-electron chi connectivity index (χ2n) is 14.4. The van der Waals surface area contributed by atoms with Gasteiger partial charge in [0.2, 0.25) is 10.9 Å². The fourth-order valence-electron chi connectivity index (χ4n) is 6.07. The molecule has 0 spiro atoms. The van der Waals surface area contributed by atoms with Crippen LogP contribution in [0.25, 0.3) is 10.9 Å². The number of imide groups is 1. The van der Waals surface area contributed by atoms with Crippen LogP contribution in [0.5, 0.6) is 5.75 Å². The summed E-state index contributed by atoms with van der Waals surface area (Å²) in [5, 5.41) is 16.6. The monoisotopic (exact) mass is 611 g/mol. The Bertz CT molecular complexity index is 1320. The highest BCUT2D eigenvalue weighted by molar-refractivity contribution is 7.80. The Morgan fingerprint density at radius 2 is 1.70 bits per heavy atom. The van der Waals surface area contributed by atoms with E-state index in [2.05, 4.69) is 62.8 Å². The summed E-state index contributed by atoms with van der Waals surface area (Å²) in [7, 11) is 0. The first-order valence-corrected chi connectivity index (χ1v) is 16.8. The molecule has 1 saturated heterocycles. The number of amides is 3. The molecule has 3 amide bonds. The van der Waals surface area contributed by atoms with Crippen molar-refractivity contribution >= 4 is 46.1 Å². The number of benzene rings is 1. The number of rotatable bonds is 12. The highest BCUT2D eigenvalue weighted by atomic mass is 32.2. The zero-order chi connectivity index (χ0) is 31.4. The summed E-state index contributed by atoms with van der Waals surface area (Å²) in [6.45, 7) is 16.5. The molecule has 0 radical (unpaired) electrons. The summed E-state index contributed by atoms with van der Waals surface area (Å²) in [6, 6.07) is 3.94. The van der Waals surface area contributed by atoms with Gasteiger partial charge in [-0.15, -0.1) is 0 Å². The summed E-state index contributed by atoms with van der Waals surface area (Å²) in [4.78, 5) is 42.9. The Morgan fingerprint density at radius 3 is 2.33 bits per heavy atom. The molecule has 0 aliphatic carbocycles. The Kier molecular flexibility index (Phi) is 10.6. The summed E-state index contributed by atoms with van der Waals surface area (Å²) in [6.07, 6.45) is 9.31. The van der Waals surface area contributed by atoms with Crippen molar-refractivity contribution in [3.63, 3.8) is 0 Å². The Labute approximate surface area is 261 Å². The number of aromatic hydroxyl groups is 1. The quantitative estimate of drug-likeness (QED) is 0.125. The van der Waals surface area contributed by atoms with E-state index in [1.54, 1.807) is 0 Å². The van der Waals surface area contributed by atoms with Gasteiger partial charge in [-0.2, -0.15) is 0 Å². The van der Waals surface area contributed by atoms with Crippen LogP contribution >= 0.6 is 0 Å². The molecule has 0 bridgehead atoms. The van der Waals surface area contributed by atoms with Crippen LogP contribution in [0, 0.1) is 11.3 Å². The second-order valence-corrected chi connectivity index (χ2v) is 16.4. The average molecular weight is 612 g/mol. The second kappa shape index (κ2) is 13.8. The summed E-state index contributed by atoms with van der Waals surface area (Å²) in [5.74, 6) is 0.434. The molecule has 236 valence electrons. The first-order valence-electron chi connectivity index (χ1n) is 15.9. The highest BCUT2D eigenvalue weighted by Gasteiger charge is 2.32. The lowest BCUT2D eigenvalue weighted by Crippen LogP contribution is -2.35. The van der Waals surface area contributed by atoms with E-state index in [4.69, 9.17) is 0 Å². The molecule has 1 aromatic carbocycles. The lowest BCUT2D eigenvalue weighted by Gasteiger charge is -2.34.